The van der Waals surface area contributed by atoms with E-state index in [1.165, 1.54) is 0 Å². The van der Waals surface area contributed by atoms with Gasteiger partial charge in [0, 0.05) is 17.7 Å². The Kier molecular flexibility index (Phi) is 6.79. The van der Waals surface area contributed by atoms with Crippen LogP contribution < -0.4 is 10.1 Å². The number of benzene rings is 1. The van der Waals surface area contributed by atoms with Crippen LogP contribution in [0.5, 0.6) is 5.75 Å². The molecule has 0 radical (unpaired) electrons. The van der Waals surface area contributed by atoms with Crippen molar-refractivity contribution in [2.75, 3.05) is 13.2 Å². The Morgan fingerprint density at radius 2 is 2.06 bits per heavy atom. The number of rotatable bonds is 7. The molecule has 0 heterocycles. The molecule has 0 spiro atoms. The minimum absolute atomic E-state index is 0.0256. The number of hydrogen-bond donors (Lipinski definition) is 2. The lowest BCUT2D eigenvalue weighted by Crippen LogP contribution is -2.39. The third kappa shape index (κ3) is 5.02. The Morgan fingerprint density at radius 1 is 1.33 bits per heavy atom. The van der Waals surface area contributed by atoms with E-state index in [1.807, 2.05) is 13.8 Å². The highest BCUT2D eigenvalue weighted by Crippen LogP contribution is 2.28. The molecule has 2 unspecified atom stereocenters. The van der Waals surface area contributed by atoms with Crippen LogP contribution in [0.25, 0.3) is 0 Å². The van der Waals surface area contributed by atoms with E-state index in [2.05, 4.69) is 5.32 Å². The first kappa shape index (κ1) is 15.6. The van der Waals surface area contributed by atoms with Crippen molar-refractivity contribution >= 4 is 23.2 Å². The van der Waals surface area contributed by atoms with Gasteiger partial charge in [0.1, 0.15) is 11.9 Å². The van der Waals surface area contributed by atoms with Gasteiger partial charge in [-0.3, -0.25) is 0 Å². The monoisotopic (exact) mass is 291 g/mol. The van der Waals surface area contributed by atoms with Gasteiger partial charge in [0.2, 0.25) is 0 Å². The number of aliphatic hydroxyl groups is 1. The molecule has 2 atom stereocenters. The molecule has 2 N–H and O–H groups in total. The standard InChI is InChI=1S/C13H19Cl2NO2/c1-9(16-6-3-7-17)10(2)18-13-5-4-11(14)8-12(13)15/h4-5,8-10,16-17H,3,6-7H2,1-2H3. The fourth-order valence-corrected chi connectivity index (χ4v) is 1.90. The first-order valence-corrected chi connectivity index (χ1v) is 6.76. The van der Waals surface area contributed by atoms with Gasteiger partial charge in [0.15, 0.2) is 0 Å². The molecular formula is C13H19Cl2NO2. The summed E-state index contributed by atoms with van der Waals surface area (Å²) in [5, 5.41) is 13.1. The maximum Gasteiger partial charge on any atom is 0.138 e. The normalized spacial score (nSPS) is 14.3. The molecular weight excluding hydrogens is 273 g/mol. The SMILES string of the molecule is CC(NCCCO)C(C)Oc1ccc(Cl)cc1Cl. The second kappa shape index (κ2) is 7.85. The Morgan fingerprint density at radius 3 is 2.67 bits per heavy atom. The molecule has 1 rings (SSSR count). The molecule has 0 saturated carbocycles. The van der Waals surface area contributed by atoms with Crippen LogP contribution in [0.4, 0.5) is 0 Å². The van der Waals surface area contributed by atoms with Crippen molar-refractivity contribution in [1.82, 2.24) is 5.32 Å². The molecule has 102 valence electrons. The van der Waals surface area contributed by atoms with Crippen LogP contribution in [-0.4, -0.2) is 30.4 Å². The number of aliphatic hydroxyl groups excluding tert-OH is 1. The first-order valence-electron chi connectivity index (χ1n) is 6.00. The lowest BCUT2D eigenvalue weighted by molar-refractivity contribution is 0.175. The zero-order chi connectivity index (χ0) is 13.5. The van der Waals surface area contributed by atoms with Crippen LogP contribution >= 0.6 is 23.2 Å². The summed E-state index contributed by atoms with van der Waals surface area (Å²) in [6.07, 6.45) is 0.709. The molecule has 0 aliphatic carbocycles. The molecule has 5 heteroatoms. The van der Waals surface area contributed by atoms with Gasteiger partial charge in [0.05, 0.1) is 5.02 Å². The summed E-state index contributed by atoms with van der Waals surface area (Å²) in [5.74, 6) is 0.629. The van der Waals surface area contributed by atoms with Gasteiger partial charge in [-0.05, 0) is 45.0 Å². The van der Waals surface area contributed by atoms with Gasteiger partial charge in [0.25, 0.3) is 0 Å². The maximum atomic E-state index is 8.71. The average molecular weight is 292 g/mol. The summed E-state index contributed by atoms with van der Waals surface area (Å²) in [5.41, 5.74) is 0. The molecule has 0 aliphatic rings. The summed E-state index contributed by atoms with van der Waals surface area (Å²) in [7, 11) is 0. The quantitative estimate of drug-likeness (QED) is 0.759. The highest BCUT2D eigenvalue weighted by atomic mass is 35.5. The minimum atomic E-state index is -0.0256. The Bertz CT molecular complexity index is 374. The van der Waals surface area contributed by atoms with Gasteiger partial charge in [-0.25, -0.2) is 0 Å². The topological polar surface area (TPSA) is 41.5 Å². The van der Waals surface area contributed by atoms with Crippen LogP contribution in [0.2, 0.25) is 10.0 Å². The van der Waals surface area contributed by atoms with E-state index >= 15 is 0 Å². The van der Waals surface area contributed by atoms with Gasteiger partial charge >= 0.3 is 0 Å². The Labute approximate surface area is 118 Å². The van der Waals surface area contributed by atoms with Crippen LogP contribution in [0.3, 0.4) is 0 Å². The van der Waals surface area contributed by atoms with Gasteiger partial charge < -0.3 is 15.2 Å². The van der Waals surface area contributed by atoms with E-state index < -0.39 is 0 Å². The van der Waals surface area contributed by atoms with Crippen molar-refractivity contribution in [3.63, 3.8) is 0 Å². The molecule has 1 aromatic carbocycles. The predicted octanol–water partition coefficient (Wildman–Crippen LogP) is 3.12. The van der Waals surface area contributed by atoms with E-state index in [-0.39, 0.29) is 18.8 Å². The van der Waals surface area contributed by atoms with E-state index in [4.69, 9.17) is 33.0 Å². The second-order valence-corrected chi connectivity index (χ2v) is 5.06. The van der Waals surface area contributed by atoms with Crippen molar-refractivity contribution in [2.24, 2.45) is 0 Å². The summed E-state index contributed by atoms with van der Waals surface area (Å²) in [6, 6.07) is 5.35. The first-order chi connectivity index (χ1) is 8.54. The van der Waals surface area contributed by atoms with Crippen molar-refractivity contribution in [3.05, 3.63) is 28.2 Å². The molecule has 0 aromatic heterocycles. The summed E-state index contributed by atoms with van der Waals surface area (Å²) >= 11 is 11.9. The van der Waals surface area contributed by atoms with Crippen molar-refractivity contribution in [2.45, 2.75) is 32.4 Å². The lowest BCUT2D eigenvalue weighted by Gasteiger charge is -2.23. The summed E-state index contributed by atoms with van der Waals surface area (Å²) < 4.78 is 5.78. The van der Waals surface area contributed by atoms with E-state index in [9.17, 15) is 0 Å². The minimum Gasteiger partial charge on any atom is -0.488 e. The lowest BCUT2D eigenvalue weighted by atomic mass is 10.2. The maximum absolute atomic E-state index is 8.71. The van der Waals surface area contributed by atoms with E-state index in [0.29, 0.717) is 15.8 Å². The second-order valence-electron chi connectivity index (χ2n) is 4.22. The molecule has 0 saturated heterocycles. The van der Waals surface area contributed by atoms with Gasteiger partial charge in [-0.2, -0.15) is 0 Å². The third-order valence-electron chi connectivity index (χ3n) is 2.71. The number of hydrogen-bond acceptors (Lipinski definition) is 3. The van der Waals surface area contributed by atoms with Crippen LogP contribution in [0.1, 0.15) is 20.3 Å². The van der Waals surface area contributed by atoms with E-state index in [0.717, 1.165) is 13.0 Å². The molecule has 1 aromatic rings. The fourth-order valence-electron chi connectivity index (χ4n) is 1.45. The number of halogens is 2. The highest BCUT2D eigenvalue weighted by Gasteiger charge is 2.14. The number of nitrogens with one attached hydrogen (secondary N) is 1. The largest absolute Gasteiger partial charge is 0.488 e. The summed E-state index contributed by atoms with van der Waals surface area (Å²) in [4.78, 5) is 0. The van der Waals surface area contributed by atoms with Gasteiger partial charge in [-0.1, -0.05) is 23.2 Å². The number of ether oxygens (including phenoxy) is 1. The fraction of sp³-hybridized carbons (Fsp3) is 0.538. The summed E-state index contributed by atoms with van der Waals surface area (Å²) in [6.45, 7) is 4.96. The molecule has 18 heavy (non-hydrogen) atoms. The molecule has 0 bridgehead atoms. The molecule has 0 amide bonds. The van der Waals surface area contributed by atoms with Crippen LogP contribution in [0.15, 0.2) is 18.2 Å². The highest BCUT2D eigenvalue weighted by molar-refractivity contribution is 6.35. The van der Waals surface area contributed by atoms with E-state index in [1.54, 1.807) is 18.2 Å². The molecule has 0 fully saturated rings. The Balaban J connectivity index is 2.50. The zero-order valence-corrected chi connectivity index (χ0v) is 12.1. The van der Waals surface area contributed by atoms with Gasteiger partial charge in [-0.15, -0.1) is 0 Å². The van der Waals surface area contributed by atoms with Crippen LogP contribution in [0, 0.1) is 0 Å². The van der Waals surface area contributed by atoms with Crippen molar-refractivity contribution in [1.29, 1.82) is 0 Å². The Hall–Kier alpha value is -0.480. The average Bonchev–Trinajstić information content (AvgIpc) is 2.32. The van der Waals surface area contributed by atoms with Crippen molar-refractivity contribution in [3.8, 4) is 5.75 Å². The third-order valence-corrected chi connectivity index (χ3v) is 3.24. The molecule has 0 aliphatic heterocycles. The zero-order valence-electron chi connectivity index (χ0n) is 10.6. The molecule has 3 nitrogen and oxygen atoms in total. The predicted molar refractivity (Wildman–Crippen MR) is 75.7 cm³/mol. The van der Waals surface area contributed by atoms with Crippen LogP contribution in [-0.2, 0) is 0 Å². The smallest absolute Gasteiger partial charge is 0.138 e. The van der Waals surface area contributed by atoms with Crippen molar-refractivity contribution < 1.29 is 9.84 Å².